The van der Waals surface area contributed by atoms with Crippen LogP contribution in [-0.2, 0) is 6.54 Å². The zero-order valence-corrected chi connectivity index (χ0v) is 13.2. The molecule has 0 radical (unpaired) electrons. The van der Waals surface area contributed by atoms with Crippen LogP contribution >= 0.6 is 0 Å². The lowest BCUT2D eigenvalue weighted by Gasteiger charge is -2.12. The van der Waals surface area contributed by atoms with Gasteiger partial charge in [0.15, 0.2) is 0 Å². The lowest BCUT2D eigenvalue weighted by molar-refractivity contribution is 1.08. The van der Waals surface area contributed by atoms with Crippen molar-refractivity contribution >= 4 is 16.6 Å². The van der Waals surface area contributed by atoms with E-state index in [4.69, 9.17) is 0 Å². The maximum absolute atomic E-state index is 12.2. The normalized spacial score (nSPS) is 10.9. The Kier molecular flexibility index (Phi) is 3.72. The Bertz CT molecular complexity index is 873. The first-order valence-corrected chi connectivity index (χ1v) is 7.47. The molecule has 0 saturated heterocycles. The van der Waals surface area contributed by atoms with Gasteiger partial charge in [-0.2, -0.15) is 0 Å². The van der Waals surface area contributed by atoms with Gasteiger partial charge in [-0.15, -0.1) is 0 Å². The van der Waals surface area contributed by atoms with Gasteiger partial charge in [-0.3, -0.25) is 4.79 Å². The van der Waals surface area contributed by atoms with Gasteiger partial charge in [-0.25, -0.2) is 0 Å². The van der Waals surface area contributed by atoms with Gasteiger partial charge in [0.2, 0.25) is 0 Å². The minimum absolute atomic E-state index is 0.0307. The van der Waals surface area contributed by atoms with Crippen LogP contribution in [0.4, 0.5) is 5.69 Å². The van der Waals surface area contributed by atoms with Gasteiger partial charge in [0.1, 0.15) is 0 Å². The SMILES string of the molecule is Cc1ccc2cc(CNc3c(C)cccc3C)c(=O)[nH]c2c1. The molecule has 0 saturated carbocycles. The van der Waals surface area contributed by atoms with Crippen molar-refractivity contribution in [2.45, 2.75) is 27.3 Å². The molecule has 0 unspecified atom stereocenters. The van der Waals surface area contributed by atoms with Crippen LogP contribution in [0.1, 0.15) is 22.3 Å². The summed E-state index contributed by atoms with van der Waals surface area (Å²) in [7, 11) is 0. The highest BCUT2D eigenvalue weighted by molar-refractivity contribution is 5.79. The highest BCUT2D eigenvalue weighted by atomic mass is 16.1. The van der Waals surface area contributed by atoms with E-state index in [9.17, 15) is 4.79 Å². The molecule has 0 amide bonds. The molecule has 0 aliphatic carbocycles. The van der Waals surface area contributed by atoms with Crippen molar-refractivity contribution in [2.24, 2.45) is 0 Å². The quantitative estimate of drug-likeness (QED) is 0.764. The van der Waals surface area contributed by atoms with Crippen molar-refractivity contribution in [1.29, 1.82) is 0 Å². The van der Waals surface area contributed by atoms with E-state index in [-0.39, 0.29) is 5.56 Å². The fourth-order valence-electron chi connectivity index (χ4n) is 2.77. The summed E-state index contributed by atoms with van der Waals surface area (Å²) in [5.74, 6) is 0. The summed E-state index contributed by atoms with van der Waals surface area (Å²) < 4.78 is 0. The average molecular weight is 292 g/mol. The zero-order valence-electron chi connectivity index (χ0n) is 13.2. The molecule has 3 aromatic rings. The van der Waals surface area contributed by atoms with Gasteiger partial charge in [-0.1, -0.05) is 30.3 Å². The van der Waals surface area contributed by atoms with Crippen molar-refractivity contribution in [3.05, 3.63) is 75.1 Å². The monoisotopic (exact) mass is 292 g/mol. The number of aryl methyl sites for hydroxylation is 3. The Labute approximate surface area is 130 Å². The van der Waals surface area contributed by atoms with Gasteiger partial charge in [-0.05, 0) is 55.0 Å². The van der Waals surface area contributed by atoms with Crippen LogP contribution in [0.5, 0.6) is 0 Å². The molecule has 0 fully saturated rings. The number of H-pyrrole nitrogens is 1. The first kappa shape index (κ1) is 14.4. The third-order valence-corrected chi connectivity index (χ3v) is 4.02. The standard InChI is InChI=1S/C19H20N2O/c1-12-7-8-15-10-16(19(22)21-17(15)9-12)11-20-18-13(2)5-4-6-14(18)3/h4-10,20H,11H2,1-3H3,(H,21,22). The molecule has 2 N–H and O–H groups in total. The molecule has 0 atom stereocenters. The Balaban J connectivity index is 1.93. The molecule has 2 aromatic carbocycles. The number of hydrogen-bond donors (Lipinski definition) is 2. The van der Waals surface area contributed by atoms with Crippen LogP contribution in [0, 0.1) is 20.8 Å². The average Bonchev–Trinajstić information content (AvgIpc) is 2.47. The third-order valence-electron chi connectivity index (χ3n) is 4.02. The lowest BCUT2D eigenvalue weighted by atomic mass is 10.1. The van der Waals surface area contributed by atoms with E-state index in [1.807, 2.05) is 31.2 Å². The molecule has 3 rings (SSSR count). The van der Waals surface area contributed by atoms with E-state index in [1.54, 1.807) is 0 Å². The second kappa shape index (κ2) is 5.68. The summed E-state index contributed by atoms with van der Waals surface area (Å²) in [6.07, 6.45) is 0. The van der Waals surface area contributed by atoms with Crippen LogP contribution in [-0.4, -0.2) is 4.98 Å². The Hall–Kier alpha value is -2.55. The number of rotatable bonds is 3. The summed E-state index contributed by atoms with van der Waals surface area (Å²) >= 11 is 0. The minimum Gasteiger partial charge on any atom is -0.380 e. The van der Waals surface area contributed by atoms with Gasteiger partial charge >= 0.3 is 0 Å². The van der Waals surface area contributed by atoms with E-state index in [2.05, 4.69) is 42.3 Å². The first-order chi connectivity index (χ1) is 10.5. The highest BCUT2D eigenvalue weighted by Crippen LogP contribution is 2.20. The predicted molar refractivity (Wildman–Crippen MR) is 92.5 cm³/mol. The Morgan fingerprint density at radius 1 is 1.00 bits per heavy atom. The number of nitrogens with one attached hydrogen (secondary N) is 2. The number of anilines is 1. The fraction of sp³-hybridized carbons (Fsp3) is 0.211. The topological polar surface area (TPSA) is 44.9 Å². The highest BCUT2D eigenvalue weighted by Gasteiger charge is 2.06. The Morgan fingerprint density at radius 3 is 2.45 bits per heavy atom. The number of fused-ring (bicyclic) bond motifs is 1. The predicted octanol–water partition coefficient (Wildman–Crippen LogP) is 4.07. The number of hydrogen-bond acceptors (Lipinski definition) is 2. The summed E-state index contributed by atoms with van der Waals surface area (Å²) in [6, 6.07) is 14.3. The molecule has 1 aromatic heterocycles. The molecule has 3 nitrogen and oxygen atoms in total. The van der Waals surface area contributed by atoms with Crippen molar-refractivity contribution in [2.75, 3.05) is 5.32 Å². The molecule has 3 heteroatoms. The molecular formula is C19H20N2O. The van der Waals surface area contributed by atoms with Crippen LogP contribution in [0.25, 0.3) is 10.9 Å². The molecule has 22 heavy (non-hydrogen) atoms. The lowest BCUT2D eigenvalue weighted by Crippen LogP contribution is -2.16. The van der Waals surface area contributed by atoms with Crippen LogP contribution in [0.15, 0.2) is 47.3 Å². The van der Waals surface area contributed by atoms with Crippen molar-refractivity contribution in [1.82, 2.24) is 4.98 Å². The van der Waals surface area contributed by atoms with Crippen LogP contribution in [0.3, 0.4) is 0 Å². The molecule has 112 valence electrons. The summed E-state index contributed by atoms with van der Waals surface area (Å²) in [6.45, 7) is 6.69. The second-order valence-electron chi connectivity index (χ2n) is 5.83. The van der Waals surface area contributed by atoms with Crippen molar-refractivity contribution in [3.8, 4) is 0 Å². The van der Waals surface area contributed by atoms with Gasteiger partial charge < -0.3 is 10.3 Å². The van der Waals surface area contributed by atoms with E-state index in [0.717, 1.165) is 27.7 Å². The van der Waals surface area contributed by atoms with Gasteiger partial charge in [0, 0.05) is 23.3 Å². The molecule has 0 bridgehead atoms. The fourth-order valence-corrected chi connectivity index (χ4v) is 2.77. The van der Waals surface area contributed by atoms with E-state index >= 15 is 0 Å². The maximum atomic E-state index is 12.2. The first-order valence-electron chi connectivity index (χ1n) is 7.47. The third kappa shape index (κ3) is 2.75. The van der Waals surface area contributed by atoms with Crippen molar-refractivity contribution < 1.29 is 0 Å². The second-order valence-corrected chi connectivity index (χ2v) is 5.83. The van der Waals surface area contributed by atoms with Crippen molar-refractivity contribution in [3.63, 3.8) is 0 Å². The van der Waals surface area contributed by atoms with Crippen LogP contribution < -0.4 is 10.9 Å². The number of aromatic amines is 1. The molecule has 0 spiro atoms. The molecule has 0 aliphatic rings. The zero-order chi connectivity index (χ0) is 15.7. The van der Waals surface area contributed by atoms with Crippen LogP contribution in [0.2, 0.25) is 0 Å². The maximum Gasteiger partial charge on any atom is 0.253 e. The van der Waals surface area contributed by atoms with E-state index in [0.29, 0.717) is 6.54 Å². The van der Waals surface area contributed by atoms with Gasteiger partial charge in [0.05, 0.1) is 0 Å². The van der Waals surface area contributed by atoms with E-state index in [1.165, 1.54) is 11.1 Å². The van der Waals surface area contributed by atoms with Gasteiger partial charge in [0.25, 0.3) is 5.56 Å². The molecule has 1 heterocycles. The molecular weight excluding hydrogens is 272 g/mol. The molecule has 0 aliphatic heterocycles. The Morgan fingerprint density at radius 2 is 1.73 bits per heavy atom. The number of aromatic nitrogens is 1. The smallest absolute Gasteiger partial charge is 0.253 e. The number of para-hydroxylation sites is 1. The summed E-state index contributed by atoms with van der Waals surface area (Å²) in [4.78, 5) is 15.2. The largest absolute Gasteiger partial charge is 0.380 e. The number of pyridine rings is 1. The minimum atomic E-state index is -0.0307. The summed E-state index contributed by atoms with van der Waals surface area (Å²) in [5.41, 5.74) is 6.23. The number of benzene rings is 2. The summed E-state index contributed by atoms with van der Waals surface area (Å²) in [5, 5.41) is 4.45. The van der Waals surface area contributed by atoms with E-state index < -0.39 is 0 Å².